The highest BCUT2D eigenvalue weighted by Crippen LogP contribution is 2.65. The third kappa shape index (κ3) is 3.56. The zero-order chi connectivity index (χ0) is 22.9. The maximum Gasteiger partial charge on any atom is 0.462 e. The van der Waals surface area contributed by atoms with Crippen molar-refractivity contribution in [2.75, 3.05) is 7.11 Å². The van der Waals surface area contributed by atoms with Crippen molar-refractivity contribution in [1.29, 1.82) is 0 Å². The first-order chi connectivity index (χ1) is 14.3. The molecule has 5 rings (SSSR count). The molecule has 31 heavy (non-hydrogen) atoms. The summed E-state index contributed by atoms with van der Waals surface area (Å²) < 4.78 is 52.2. The lowest BCUT2D eigenvalue weighted by molar-refractivity contribution is -0.199. The molecule has 2 unspecified atom stereocenters. The minimum Gasteiger partial charge on any atom is -0.495 e. The van der Waals surface area contributed by atoms with E-state index in [0.717, 1.165) is 18.9 Å². The Labute approximate surface area is 182 Å². The van der Waals surface area contributed by atoms with Crippen LogP contribution in [-0.4, -0.2) is 37.5 Å². The van der Waals surface area contributed by atoms with E-state index in [1.54, 1.807) is 20.8 Å². The van der Waals surface area contributed by atoms with Gasteiger partial charge < -0.3 is 18.8 Å². The predicted octanol–water partition coefficient (Wildman–Crippen LogP) is 4.74. The fourth-order valence-electron chi connectivity index (χ4n) is 5.78. The molecular weight excluding hydrogens is 405 g/mol. The Morgan fingerprint density at radius 1 is 1.26 bits per heavy atom. The molecule has 1 saturated heterocycles. The van der Waals surface area contributed by atoms with Crippen molar-refractivity contribution >= 4 is 13.1 Å². The maximum absolute atomic E-state index is 14.6. The minimum atomic E-state index is -1.29. The summed E-state index contributed by atoms with van der Waals surface area (Å²) >= 11 is 0. The van der Waals surface area contributed by atoms with Gasteiger partial charge in [0.25, 0.3) is 0 Å². The normalized spacial score (nSPS) is 31.1. The van der Waals surface area contributed by atoms with Gasteiger partial charge in [0.1, 0.15) is 16.9 Å². The van der Waals surface area contributed by atoms with E-state index in [1.807, 2.05) is 0 Å². The second kappa shape index (κ2) is 7.17. The first kappa shape index (κ1) is 22.5. The van der Waals surface area contributed by atoms with Crippen LogP contribution in [0.1, 0.15) is 70.3 Å². The van der Waals surface area contributed by atoms with E-state index in [9.17, 15) is 13.6 Å². The standard InChI is InChI=1S/C23H31BF2O5/c1-21(2,3)29-20(27)17-18(26)14(25)8-12(19(17)28-7)11-24-30-16-10-13-9-15(22(13,4)5)23(16,6)31-24/h8,13,15-16H,9-11H2,1-7H3/t13?,15?,16-,23+/m1/s1. The van der Waals surface area contributed by atoms with Gasteiger partial charge in [-0.25, -0.2) is 13.6 Å². The number of carbonyl (C=O) groups is 1. The second-order valence-electron chi connectivity index (χ2n) is 10.8. The van der Waals surface area contributed by atoms with Crippen molar-refractivity contribution in [3.8, 4) is 5.75 Å². The van der Waals surface area contributed by atoms with Crippen LogP contribution >= 0.6 is 0 Å². The number of esters is 1. The summed E-state index contributed by atoms with van der Waals surface area (Å²) in [6, 6.07) is 1.04. The molecule has 4 fully saturated rings. The van der Waals surface area contributed by atoms with Crippen LogP contribution in [0.15, 0.2) is 6.07 Å². The third-order valence-corrected chi connectivity index (χ3v) is 7.44. The number of carbonyl (C=O) groups excluding carboxylic acids is 1. The monoisotopic (exact) mass is 436 g/mol. The molecule has 0 spiro atoms. The molecule has 0 N–H and O–H groups in total. The lowest BCUT2D eigenvalue weighted by Crippen LogP contribution is -2.65. The van der Waals surface area contributed by atoms with Gasteiger partial charge in [-0.3, -0.25) is 0 Å². The zero-order valence-corrected chi connectivity index (χ0v) is 19.3. The highest BCUT2D eigenvalue weighted by Gasteiger charge is 2.67. The van der Waals surface area contributed by atoms with E-state index in [1.165, 1.54) is 7.11 Å². The first-order valence-electron chi connectivity index (χ1n) is 10.9. The van der Waals surface area contributed by atoms with Gasteiger partial charge in [-0.1, -0.05) is 13.8 Å². The van der Waals surface area contributed by atoms with Gasteiger partial charge in [0.05, 0.1) is 18.8 Å². The number of rotatable bonds is 4. The average molecular weight is 436 g/mol. The Balaban J connectivity index is 1.62. The Morgan fingerprint density at radius 2 is 1.94 bits per heavy atom. The Bertz CT molecular complexity index is 912. The van der Waals surface area contributed by atoms with Crippen LogP contribution in [0.3, 0.4) is 0 Å². The van der Waals surface area contributed by atoms with Gasteiger partial charge in [-0.15, -0.1) is 0 Å². The lowest BCUT2D eigenvalue weighted by Gasteiger charge is -2.64. The second-order valence-corrected chi connectivity index (χ2v) is 10.8. The number of ether oxygens (including phenoxy) is 2. The van der Waals surface area contributed by atoms with Gasteiger partial charge in [-0.05, 0) is 69.4 Å². The summed E-state index contributed by atoms with van der Waals surface area (Å²) in [6.45, 7) is 11.6. The van der Waals surface area contributed by atoms with Crippen molar-refractivity contribution in [1.82, 2.24) is 0 Å². The van der Waals surface area contributed by atoms with Crippen LogP contribution in [-0.2, 0) is 20.4 Å². The zero-order valence-electron chi connectivity index (χ0n) is 19.3. The Morgan fingerprint density at radius 3 is 2.52 bits per heavy atom. The first-order valence-corrected chi connectivity index (χ1v) is 10.9. The molecule has 0 amide bonds. The summed E-state index contributed by atoms with van der Waals surface area (Å²) in [6.07, 6.45) is 2.15. The lowest BCUT2D eigenvalue weighted by atomic mass is 9.43. The van der Waals surface area contributed by atoms with Gasteiger partial charge in [0.15, 0.2) is 11.6 Å². The quantitative estimate of drug-likeness (QED) is 0.504. The largest absolute Gasteiger partial charge is 0.495 e. The van der Waals surface area contributed by atoms with Crippen molar-refractivity contribution in [2.24, 2.45) is 17.3 Å². The van der Waals surface area contributed by atoms with Crippen LogP contribution in [0.25, 0.3) is 0 Å². The summed E-state index contributed by atoms with van der Waals surface area (Å²) in [4.78, 5) is 12.6. The summed E-state index contributed by atoms with van der Waals surface area (Å²) in [7, 11) is 0.689. The van der Waals surface area contributed by atoms with E-state index in [-0.39, 0.29) is 23.6 Å². The van der Waals surface area contributed by atoms with Crippen molar-refractivity contribution in [3.63, 3.8) is 0 Å². The van der Waals surface area contributed by atoms with Crippen LogP contribution in [0.5, 0.6) is 5.75 Å². The molecule has 8 heteroatoms. The minimum absolute atomic E-state index is 0.0316. The number of methoxy groups -OCH3 is 1. The molecule has 0 aromatic heterocycles. The van der Waals surface area contributed by atoms with E-state index in [2.05, 4.69) is 20.8 Å². The van der Waals surface area contributed by atoms with E-state index >= 15 is 0 Å². The summed E-state index contributed by atoms with van der Waals surface area (Å²) in [5.74, 6) is -2.45. The topological polar surface area (TPSA) is 54.0 Å². The van der Waals surface area contributed by atoms with E-state index in [0.29, 0.717) is 17.4 Å². The number of benzene rings is 1. The fraction of sp³-hybridized carbons (Fsp3) is 0.696. The Kier molecular flexibility index (Phi) is 5.21. The smallest absolute Gasteiger partial charge is 0.462 e. The molecule has 5 nitrogen and oxygen atoms in total. The van der Waals surface area contributed by atoms with Gasteiger partial charge in [0.2, 0.25) is 0 Å². The number of halogens is 2. The average Bonchev–Trinajstić information content (AvgIpc) is 2.97. The highest BCUT2D eigenvalue weighted by atomic mass is 19.2. The van der Waals surface area contributed by atoms with Crippen LogP contribution in [0, 0.1) is 28.9 Å². The Hall–Kier alpha value is -1.67. The summed E-state index contributed by atoms with van der Waals surface area (Å²) in [5, 5.41) is 0. The highest BCUT2D eigenvalue weighted by molar-refractivity contribution is 6.45. The van der Waals surface area contributed by atoms with E-state index < -0.39 is 41.5 Å². The predicted molar refractivity (Wildman–Crippen MR) is 112 cm³/mol. The van der Waals surface area contributed by atoms with Gasteiger partial charge in [0, 0.05) is 6.32 Å². The molecule has 4 aliphatic rings. The molecule has 1 aliphatic heterocycles. The van der Waals surface area contributed by atoms with Gasteiger partial charge in [-0.2, -0.15) is 0 Å². The number of hydrogen-bond donors (Lipinski definition) is 0. The number of hydrogen-bond acceptors (Lipinski definition) is 5. The molecule has 3 saturated carbocycles. The molecule has 2 bridgehead atoms. The molecule has 1 aromatic carbocycles. The third-order valence-electron chi connectivity index (χ3n) is 7.44. The molecular formula is C23H31BF2O5. The molecule has 3 aliphatic carbocycles. The van der Waals surface area contributed by atoms with Crippen LogP contribution in [0.4, 0.5) is 8.78 Å². The molecule has 1 heterocycles. The van der Waals surface area contributed by atoms with Crippen molar-refractivity contribution < 1.29 is 32.4 Å². The van der Waals surface area contributed by atoms with Crippen LogP contribution in [0.2, 0.25) is 0 Å². The molecule has 170 valence electrons. The van der Waals surface area contributed by atoms with E-state index in [4.69, 9.17) is 18.8 Å². The molecule has 0 radical (unpaired) electrons. The van der Waals surface area contributed by atoms with Crippen LogP contribution < -0.4 is 4.74 Å². The maximum atomic E-state index is 14.6. The SMILES string of the molecule is COc1c(CB2O[C@@H]3CC4CC(C4(C)C)[C@]3(C)O2)cc(F)c(F)c1C(=O)OC(C)(C)C. The summed E-state index contributed by atoms with van der Waals surface area (Å²) in [5.41, 5.74) is -1.31. The fourth-order valence-corrected chi connectivity index (χ4v) is 5.78. The van der Waals surface area contributed by atoms with Crippen molar-refractivity contribution in [2.45, 2.75) is 78.0 Å². The molecule has 1 aromatic rings. The van der Waals surface area contributed by atoms with Crippen molar-refractivity contribution in [3.05, 3.63) is 28.8 Å². The molecule has 4 atom stereocenters. The van der Waals surface area contributed by atoms with Gasteiger partial charge >= 0.3 is 13.1 Å².